The van der Waals surface area contributed by atoms with Gasteiger partial charge in [0, 0.05) is 11.6 Å². The number of fused-ring (bicyclic) bond motifs is 1. The Morgan fingerprint density at radius 2 is 1.86 bits per heavy atom. The zero-order chi connectivity index (χ0) is 30.8. The van der Waals surface area contributed by atoms with E-state index in [-0.39, 0.29) is 23.3 Å². The molecule has 4 aromatic rings. The van der Waals surface area contributed by atoms with Gasteiger partial charge in [-0.15, -0.1) is 0 Å². The molecule has 0 saturated carbocycles. The van der Waals surface area contributed by atoms with E-state index in [1.807, 2.05) is 13.8 Å². The minimum Gasteiger partial charge on any atom is -0.493 e. The Labute approximate surface area is 250 Å². The summed E-state index contributed by atoms with van der Waals surface area (Å²) in [5.41, 5.74) is 2.59. The molecule has 1 aliphatic rings. The van der Waals surface area contributed by atoms with E-state index < -0.39 is 18.0 Å². The zero-order valence-corrected chi connectivity index (χ0v) is 25.1. The normalized spacial score (nSPS) is 14.7. The van der Waals surface area contributed by atoms with Crippen LogP contribution in [-0.2, 0) is 9.53 Å². The lowest BCUT2D eigenvalue weighted by molar-refractivity contribution is -0.139. The second-order valence-corrected chi connectivity index (χ2v) is 10.7. The number of ether oxygens (including phenoxy) is 3. The van der Waals surface area contributed by atoms with Crippen molar-refractivity contribution < 1.29 is 33.3 Å². The van der Waals surface area contributed by atoms with E-state index in [0.717, 1.165) is 5.56 Å². The zero-order valence-electron chi connectivity index (χ0n) is 24.3. The van der Waals surface area contributed by atoms with Crippen molar-refractivity contribution in [3.8, 4) is 22.8 Å². The van der Waals surface area contributed by atoms with Crippen LogP contribution in [0, 0.1) is 6.92 Å². The molecule has 0 aliphatic carbocycles. The Kier molecular flexibility index (Phi) is 8.36. The third-order valence-corrected chi connectivity index (χ3v) is 7.95. The largest absolute Gasteiger partial charge is 0.493 e. The van der Waals surface area contributed by atoms with Gasteiger partial charge in [-0.25, -0.2) is 14.6 Å². The predicted molar refractivity (Wildman–Crippen MR) is 160 cm³/mol. The van der Waals surface area contributed by atoms with Crippen molar-refractivity contribution in [1.29, 1.82) is 0 Å². The summed E-state index contributed by atoms with van der Waals surface area (Å²) in [6.45, 7) is 7.71. The van der Waals surface area contributed by atoms with Crippen LogP contribution in [0.15, 0.2) is 74.0 Å². The van der Waals surface area contributed by atoms with Crippen LogP contribution in [0.5, 0.6) is 11.5 Å². The number of rotatable bonds is 9. The van der Waals surface area contributed by atoms with Crippen LogP contribution in [0.4, 0.5) is 0 Å². The first-order chi connectivity index (χ1) is 20.7. The number of methoxy groups -OCH3 is 1. The van der Waals surface area contributed by atoms with Gasteiger partial charge in [0.1, 0.15) is 11.5 Å². The molecule has 0 amide bonds. The minimum atomic E-state index is -1.04. The van der Waals surface area contributed by atoms with Gasteiger partial charge in [-0.3, -0.25) is 9.36 Å². The van der Waals surface area contributed by atoms with E-state index in [2.05, 4.69) is 4.99 Å². The van der Waals surface area contributed by atoms with Crippen LogP contribution in [0.25, 0.3) is 17.4 Å². The number of esters is 1. The van der Waals surface area contributed by atoms with E-state index in [9.17, 15) is 19.5 Å². The molecule has 1 atom stereocenters. The molecule has 3 heterocycles. The number of hydrogen-bond donors (Lipinski definition) is 1. The molecule has 5 rings (SSSR count). The lowest BCUT2D eigenvalue weighted by Gasteiger charge is -2.25. The van der Waals surface area contributed by atoms with E-state index in [1.54, 1.807) is 69.5 Å². The van der Waals surface area contributed by atoms with Gasteiger partial charge in [0.2, 0.25) is 0 Å². The number of thiazole rings is 1. The van der Waals surface area contributed by atoms with Gasteiger partial charge in [0.05, 0.1) is 47.7 Å². The Morgan fingerprint density at radius 3 is 2.56 bits per heavy atom. The summed E-state index contributed by atoms with van der Waals surface area (Å²) in [6.07, 6.45) is 1.61. The molecule has 11 heteroatoms. The number of benzene rings is 2. The first-order valence-corrected chi connectivity index (χ1v) is 14.4. The Morgan fingerprint density at radius 1 is 1.07 bits per heavy atom. The van der Waals surface area contributed by atoms with Gasteiger partial charge in [0.15, 0.2) is 16.3 Å². The van der Waals surface area contributed by atoms with Crippen LogP contribution >= 0.6 is 11.3 Å². The Hall–Kier alpha value is -4.90. The lowest BCUT2D eigenvalue weighted by atomic mass is 9.95. The number of aromatic carboxylic acids is 1. The van der Waals surface area contributed by atoms with E-state index >= 15 is 0 Å². The van der Waals surface area contributed by atoms with Crippen molar-refractivity contribution in [2.45, 2.75) is 33.7 Å². The van der Waals surface area contributed by atoms with Gasteiger partial charge in [-0.05, 0) is 75.2 Å². The van der Waals surface area contributed by atoms with E-state index in [1.165, 1.54) is 22.0 Å². The fourth-order valence-electron chi connectivity index (χ4n) is 4.96. The van der Waals surface area contributed by atoms with Crippen molar-refractivity contribution in [3.05, 3.63) is 102 Å². The highest BCUT2D eigenvalue weighted by molar-refractivity contribution is 7.07. The summed E-state index contributed by atoms with van der Waals surface area (Å²) in [5, 5.41) is 9.40. The number of aryl methyl sites for hydroxylation is 1. The quantitative estimate of drug-likeness (QED) is 0.278. The monoisotopic (exact) mass is 602 g/mol. The van der Waals surface area contributed by atoms with Crippen molar-refractivity contribution in [2.75, 3.05) is 20.3 Å². The molecule has 1 N–H and O–H groups in total. The average molecular weight is 603 g/mol. The first-order valence-electron chi connectivity index (χ1n) is 13.6. The van der Waals surface area contributed by atoms with Crippen molar-refractivity contribution in [3.63, 3.8) is 0 Å². The third kappa shape index (κ3) is 5.63. The number of carbonyl (C=O) groups excluding carboxylic acids is 1. The molecule has 2 aromatic heterocycles. The molecule has 0 saturated heterocycles. The van der Waals surface area contributed by atoms with Gasteiger partial charge in [0.25, 0.3) is 5.56 Å². The SMILES string of the molecule is CCOC(=O)C1=C(C)N=c2s/c(=C\c3ccc(-c4cc(C(=O)O)ccc4C)o3)c(=O)n2[C@H]1c1ccc(OC)c(OCC)c1. The Bertz CT molecular complexity index is 1950. The minimum absolute atomic E-state index is 0.144. The van der Waals surface area contributed by atoms with E-state index in [0.29, 0.717) is 55.8 Å². The maximum absolute atomic E-state index is 14.0. The fourth-order valence-corrected chi connectivity index (χ4v) is 5.99. The lowest BCUT2D eigenvalue weighted by Crippen LogP contribution is -2.39. The average Bonchev–Trinajstić information content (AvgIpc) is 3.56. The summed E-state index contributed by atoms with van der Waals surface area (Å²) in [5.74, 6) is 0.279. The van der Waals surface area contributed by atoms with Crippen LogP contribution in [0.2, 0.25) is 0 Å². The molecule has 1 aliphatic heterocycles. The topological polar surface area (TPSA) is 130 Å². The summed E-state index contributed by atoms with van der Waals surface area (Å²) >= 11 is 1.17. The van der Waals surface area contributed by atoms with Gasteiger partial charge in [-0.1, -0.05) is 23.5 Å². The molecular formula is C32H30N2O8S. The molecule has 0 spiro atoms. The van der Waals surface area contributed by atoms with Crippen molar-refractivity contribution in [1.82, 2.24) is 4.57 Å². The van der Waals surface area contributed by atoms with Crippen LogP contribution in [0.1, 0.15) is 54.1 Å². The number of carbonyl (C=O) groups is 2. The summed E-state index contributed by atoms with van der Waals surface area (Å²) in [4.78, 5) is 43.7. The number of aromatic nitrogens is 1. The van der Waals surface area contributed by atoms with Gasteiger partial charge in [-0.2, -0.15) is 0 Å². The highest BCUT2D eigenvalue weighted by Gasteiger charge is 2.34. The molecule has 43 heavy (non-hydrogen) atoms. The summed E-state index contributed by atoms with van der Waals surface area (Å²) < 4.78 is 24.5. The molecule has 0 bridgehead atoms. The maximum Gasteiger partial charge on any atom is 0.338 e. The molecule has 222 valence electrons. The molecule has 2 aromatic carbocycles. The van der Waals surface area contributed by atoms with Gasteiger partial charge >= 0.3 is 11.9 Å². The molecule has 10 nitrogen and oxygen atoms in total. The highest BCUT2D eigenvalue weighted by Crippen LogP contribution is 2.36. The smallest absolute Gasteiger partial charge is 0.338 e. The first kappa shape index (κ1) is 29.6. The standard InChI is InChI=1S/C32H30N2O8S/c1-6-40-25-15-19(10-12-24(25)39-5)28-27(31(38)41-7-2)18(4)33-32-34(28)29(35)26(43-32)16-21-11-13-23(42-21)22-14-20(30(36)37)9-8-17(22)3/h8-16,28H,6-7H2,1-5H3,(H,36,37)/b26-16-/t28-/m0/s1. The van der Waals surface area contributed by atoms with E-state index in [4.69, 9.17) is 18.6 Å². The summed E-state index contributed by atoms with van der Waals surface area (Å²) in [6, 6.07) is 12.7. The van der Waals surface area contributed by atoms with Gasteiger partial charge < -0.3 is 23.7 Å². The van der Waals surface area contributed by atoms with Crippen molar-refractivity contribution in [2.24, 2.45) is 4.99 Å². The van der Waals surface area contributed by atoms with Crippen LogP contribution < -0.4 is 24.4 Å². The number of allylic oxidation sites excluding steroid dienone is 1. The highest BCUT2D eigenvalue weighted by atomic mass is 32.1. The molecule has 0 fully saturated rings. The second-order valence-electron chi connectivity index (χ2n) is 9.68. The second kappa shape index (κ2) is 12.1. The summed E-state index contributed by atoms with van der Waals surface area (Å²) in [7, 11) is 1.54. The van der Waals surface area contributed by atoms with Crippen LogP contribution in [-0.4, -0.2) is 41.9 Å². The number of carboxylic acid groups (broad SMARTS) is 1. The molecular weight excluding hydrogens is 572 g/mol. The third-order valence-electron chi connectivity index (χ3n) is 6.97. The fraction of sp³-hybridized carbons (Fsp3) is 0.250. The maximum atomic E-state index is 14.0. The molecule has 0 unspecified atom stereocenters. The number of nitrogens with zero attached hydrogens (tertiary/aromatic N) is 2. The number of hydrogen-bond acceptors (Lipinski definition) is 9. The van der Waals surface area contributed by atoms with Crippen LogP contribution in [0.3, 0.4) is 0 Å². The number of carboxylic acids is 1. The molecule has 0 radical (unpaired) electrons. The van der Waals surface area contributed by atoms with Crippen molar-refractivity contribution >= 4 is 29.4 Å². The number of furan rings is 1. The Balaban J connectivity index is 1.65. The predicted octanol–water partition coefficient (Wildman–Crippen LogP) is 4.47.